The van der Waals surface area contributed by atoms with Crippen molar-refractivity contribution in [3.8, 4) is 16.5 Å². The van der Waals surface area contributed by atoms with Gasteiger partial charge >= 0.3 is 6.18 Å². The van der Waals surface area contributed by atoms with Gasteiger partial charge in [-0.3, -0.25) is 4.90 Å². The van der Waals surface area contributed by atoms with Crippen LogP contribution in [0, 0.1) is 11.9 Å². The average Bonchev–Trinajstić information content (AvgIpc) is 3.46. The zero-order valence-corrected chi connectivity index (χ0v) is 20.4. The molecule has 1 fully saturated rings. The Hall–Kier alpha value is -3.06. The number of fused-ring (bicyclic) bond motifs is 1. The number of pyridine rings is 2. The van der Waals surface area contributed by atoms with Crippen LogP contribution in [-0.2, 0) is 4.84 Å². The lowest BCUT2D eigenvalue weighted by Gasteiger charge is -2.40. The van der Waals surface area contributed by atoms with Gasteiger partial charge in [0, 0.05) is 36.8 Å². The van der Waals surface area contributed by atoms with Gasteiger partial charge in [0.25, 0.3) is 17.8 Å². The molecule has 0 aromatic carbocycles. The summed E-state index contributed by atoms with van der Waals surface area (Å²) < 4.78 is 62.4. The number of thiazole rings is 1. The van der Waals surface area contributed by atoms with Crippen LogP contribution in [0.4, 0.5) is 17.6 Å². The van der Waals surface area contributed by atoms with Crippen molar-refractivity contribution in [1.82, 2.24) is 24.8 Å². The largest absolute Gasteiger partial charge is 0.445 e. The molecule has 0 bridgehead atoms. The Morgan fingerprint density at radius 2 is 1.89 bits per heavy atom. The van der Waals surface area contributed by atoms with Crippen molar-refractivity contribution in [2.75, 3.05) is 13.1 Å². The van der Waals surface area contributed by atoms with E-state index in [1.807, 2.05) is 4.90 Å². The molecular weight excluding hydrogens is 500 g/mol. The molecular formula is C23H24F4N6O2S. The predicted octanol–water partition coefficient (Wildman–Crippen LogP) is 5.23. The molecule has 0 radical (unpaired) electrons. The zero-order valence-electron chi connectivity index (χ0n) is 19.6. The number of nitrogens with zero attached hydrogens (tertiary/aromatic N) is 6. The Bertz CT molecular complexity index is 1260. The number of piperidine rings is 1. The van der Waals surface area contributed by atoms with Gasteiger partial charge < -0.3 is 9.57 Å². The van der Waals surface area contributed by atoms with Crippen LogP contribution in [0.1, 0.15) is 33.1 Å². The number of halogens is 4. The monoisotopic (exact) mass is 524 g/mol. The van der Waals surface area contributed by atoms with E-state index in [0.29, 0.717) is 34.7 Å². The van der Waals surface area contributed by atoms with Crippen LogP contribution in [-0.4, -0.2) is 62.4 Å². The van der Waals surface area contributed by atoms with Crippen LogP contribution >= 0.6 is 11.3 Å². The number of rotatable bonds is 6. The molecule has 0 N–H and O–H groups in total. The summed E-state index contributed by atoms with van der Waals surface area (Å²) >= 11 is 0.885. The molecule has 36 heavy (non-hydrogen) atoms. The van der Waals surface area contributed by atoms with Gasteiger partial charge in [0.15, 0.2) is 5.84 Å². The first kappa shape index (κ1) is 24.6. The summed E-state index contributed by atoms with van der Waals surface area (Å²) in [5.41, 5.74) is 1.31. The highest BCUT2D eigenvalue weighted by Gasteiger charge is 2.54. The second-order valence-corrected chi connectivity index (χ2v) is 9.86. The summed E-state index contributed by atoms with van der Waals surface area (Å²) in [6.07, 6.45) is -4.06. The number of ether oxygens (including phenoxy) is 1. The summed E-state index contributed by atoms with van der Waals surface area (Å²) in [5, 5.41) is 3.81. The smallest absolute Gasteiger partial charge is 0.436 e. The van der Waals surface area contributed by atoms with Crippen molar-refractivity contribution >= 4 is 27.5 Å². The van der Waals surface area contributed by atoms with E-state index in [0.717, 1.165) is 35.5 Å². The summed E-state index contributed by atoms with van der Waals surface area (Å²) in [6.45, 7) is 4.73. The standard InChI is InChI=1S/C23H24F4N6O2S/c1-13(2)18-31-35-22(32-10-4-3-5-11-32)33(18)20(23(25,26)27)34-21-30-16-7-6-15(29-19(16)36-21)14-8-9-28-17(24)12-14/h6-9,12-13,20,22H,3-5,10-11H2,1-2H3. The Kier molecular flexibility index (Phi) is 6.68. The Balaban J connectivity index is 1.46. The molecule has 2 aliphatic rings. The first-order valence-corrected chi connectivity index (χ1v) is 12.4. The minimum absolute atomic E-state index is 0.161. The van der Waals surface area contributed by atoms with E-state index in [2.05, 4.69) is 20.1 Å². The molecule has 3 aromatic rings. The predicted molar refractivity (Wildman–Crippen MR) is 125 cm³/mol. The van der Waals surface area contributed by atoms with Gasteiger partial charge in [-0.15, -0.1) is 0 Å². The number of hydrogen-bond acceptors (Lipinski definition) is 9. The first-order valence-electron chi connectivity index (χ1n) is 11.6. The minimum Gasteiger partial charge on any atom is -0.436 e. The van der Waals surface area contributed by atoms with Crippen LogP contribution in [0.25, 0.3) is 21.6 Å². The van der Waals surface area contributed by atoms with Gasteiger partial charge in [-0.25, -0.2) is 19.9 Å². The third-order valence-corrected chi connectivity index (χ3v) is 6.82. The maximum Gasteiger partial charge on any atom is 0.445 e. The van der Waals surface area contributed by atoms with Crippen LogP contribution in [0.15, 0.2) is 35.6 Å². The molecule has 1 saturated heterocycles. The van der Waals surface area contributed by atoms with Crippen molar-refractivity contribution in [2.24, 2.45) is 11.1 Å². The fourth-order valence-corrected chi connectivity index (χ4v) is 5.09. The molecule has 3 aromatic heterocycles. The molecule has 192 valence electrons. The highest BCUT2D eigenvalue weighted by Crippen LogP contribution is 2.37. The molecule has 2 atom stereocenters. The quantitative estimate of drug-likeness (QED) is 0.323. The third kappa shape index (κ3) is 4.94. The number of likely N-dealkylation sites (tertiary alicyclic amines) is 1. The van der Waals surface area contributed by atoms with E-state index in [-0.39, 0.29) is 16.9 Å². The molecule has 8 nitrogen and oxygen atoms in total. The first-order chi connectivity index (χ1) is 17.2. The van der Waals surface area contributed by atoms with Crippen LogP contribution in [0.2, 0.25) is 0 Å². The van der Waals surface area contributed by atoms with Gasteiger partial charge in [-0.05, 0) is 31.0 Å². The highest BCUT2D eigenvalue weighted by molar-refractivity contribution is 7.19. The SMILES string of the molecule is CC(C)C1=NOC(N2CCCCC2)N1C(Oc1nc2ccc(-c3ccnc(F)c3)nc2s1)C(F)(F)F. The number of amidine groups is 1. The second-order valence-electron chi connectivity index (χ2n) is 8.92. The van der Waals surface area contributed by atoms with Gasteiger partial charge in [-0.1, -0.05) is 36.8 Å². The lowest BCUT2D eigenvalue weighted by atomic mass is 10.1. The fourth-order valence-electron chi connectivity index (χ4n) is 4.28. The number of oxime groups is 1. The average molecular weight is 525 g/mol. The second kappa shape index (κ2) is 9.77. The zero-order chi connectivity index (χ0) is 25.4. The van der Waals surface area contributed by atoms with E-state index >= 15 is 0 Å². The van der Waals surface area contributed by atoms with Gasteiger partial charge in [0.2, 0.25) is 5.95 Å². The summed E-state index contributed by atoms with van der Waals surface area (Å²) in [4.78, 5) is 21.0. The molecule has 5 rings (SSSR count). The van der Waals surface area contributed by atoms with E-state index in [1.165, 1.54) is 12.3 Å². The van der Waals surface area contributed by atoms with E-state index in [1.54, 1.807) is 32.0 Å². The van der Waals surface area contributed by atoms with Gasteiger partial charge in [0.1, 0.15) is 10.3 Å². The molecule has 2 aliphatic heterocycles. The number of hydrogen-bond donors (Lipinski definition) is 0. The summed E-state index contributed by atoms with van der Waals surface area (Å²) in [6, 6.07) is 6.05. The van der Waals surface area contributed by atoms with Crippen LogP contribution in [0.3, 0.4) is 0 Å². The number of aromatic nitrogens is 3. The Morgan fingerprint density at radius 3 is 2.58 bits per heavy atom. The van der Waals surface area contributed by atoms with Gasteiger partial charge in [-0.2, -0.15) is 17.6 Å². The van der Waals surface area contributed by atoms with E-state index in [4.69, 9.17) is 9.57 Å². The van der Waals surface area contributed by atoms with Crippen LogP contribution < -0.4 is 4.74 Å². The van der Waals surface area contributed by atoms with Crippen molar-refractivity contribution in [1.29, 1.82) is 0 Å². The molecule has 13 heteroatoms. The Morgan fingerprint density at radius 1 is 1.11 bits per heavy atom. The molecule has 0 aliphatic carbocycles. The lowest BCUT2D eigenvalue weighted by Crippen LogP contribution is -2.60. The molecule has 0 amide bonds. The lowest BCUT2D eigenvalue weighted by molar-refractivity contribution is -0.259. The highest BCUT2D eigenvalue weighted by atomic mass is 32.1. The third-order valence-electron chi connectivity index (χ3n) is 5.97. The van der Waals surface area contributed by atoms with Gasteiger partial charge in [0.05, 0.1) is 5.69 Å². The van der Waals surface area contributed by atoms with Crippen molar-refractivity contribution in [3.05, 3.63) is 36.4 Å². The van der Waals surface area contributed by atoms with Crippen molar-refractivity contribution in [2.45, 2.75) is 51.9 Å². The maximum absolute atomic E-state index is 14.4. The van der Waals surface area contributed by atoms with Crippen molar-refractivity contribution in [3.63, 3.8) is 0 Å². The van der Waals surface area contributed by atoms with E-state index in [9.17, 15) is 17.6 Å². The van der Waals surface area contributed by atoms with E-state index < -0.39 is 24.7 Å². The molecule has 0 saturated carbocycles. The maximum atomic E-state index is 14.4. The molecule has 2 unspecified atom stereocenters. The fraction of sp³-hybridized carbons (Fsp3) is 0.478. The molecule has 5 heterocycles. The minimum atomic E-state index is -4.76. The molecule has 0 spiro atoms. The van der Waals surface area contributed by atoms with Crippen molar-refractivity contribution < 1.29 is 27.1 Å². The topological polar surface area (TPSA) is 76.0 Å². The summed E-state index contributed by atoms with van der Waals surface area (Å²) in [7, 11) is 0. The Labute approximate surface area is 208 Å². The number of alkyl halides is 3. The normalized spacial score (nSPS) is 20.0. The van der Waals surface area contributed by atoms with Crippen LogP contribution in [0.5, 0.6) is 5.19 Å². The summed E-state index contributed by atoms with van der Waals surface area (Å²) in [5.74, 6) is -0.822.